The highest BCUT2D eigenvalue weighted by Gasteiger charge is 2.60. The van der Waals surface area contributed by atoms with Crippen molar-refractivity contribution in [1.82, 2.24) is 14.6 Å². The number of hydrogen-bond acceptors (Lipinski definition) is 8. The Morgan fingerprint density at radius 2 is 2.00 bits per heavy atom. The molecule has 2 heterocycles. The number of nitrogens with one attached hydrogen (secondary N) is 2. The van der Waals surface area contributed by atoms with E-state index in [1.165, 1.54) is 24.3 Å². The third-order valence-electron chi connectivity index (χ3n) is 4.58. The monoisotopic (exact) mass is 491 g/mol. The van der Waals surface area contributed by atoms with Gasteiger partial charge in [0, 0.05) is 12.3 Å². The van der Waals surface area contributed by atoms with Crippen molar-refractivity contribution in [2.75, 3.05) is 6.61 Å². The molecule has 2 unspecified atom stereocenters. The Labute approximate surface area is 184 Å². The third kappa shape index (κ3) is 5.54. The molecule has 0 spiro atoms. The molecule has 0 bridgehead atoms. The predicted molar refractivity (Wildman–Crippen MR) is 107 cm³/mol. The maximum absolute atomic E-state index is 14.6. The van der Waals surface area contributed by atoms with Gasteiger partial charge in [-0.3, -0.25) is 23.7 Å². The molecule has 33 heavy (non-hydrogen) atoms. The maximum Gasteiger partial charge on any atom is 0.459 e. The average Bonchev–Trinajstić information content (AvgIpc) is 2.96. The minimum absolute atomic E-state index is 0.0295. The predicted octanol–water partition coefficient (Wildman–Crippen LogP) is 0.697. The van der Waals surface area contributed by atoms with Crippen molar-refractivity contribution in [3.8, 4) is 5.75 Å². The Balaban J connectivity index is 1.80. The molecule has 0 amide bonds. The van der Waals surface area contributed by atoms with Crippen LogP contribution in [0.2, 0.25) is 0 Å². The minimum atomic E-state index is -4.46. The number of ether oxygens (including phenoxy) is 1. The first-order valence-corrected chi connectivity index (χ1v) is 11.0. The third-order valence-corrected chi connectivity index (χ3v) is 6.23. The average molecular weight is 491 g/mol. The van der Waals surface area contributed by atoms with Crippen LogP contribution in [0.5, 0.6) is 5.75 Å². The molecule has 0 saturated carbocycles. The Morgan fingerprint density at radius 1 is 1.33 bits per heavy atom. The van der Waals surface area contributed by atoms with E-state index in [9.17, 15) is 32.8 Å². The molecule has 0 radical (unpaired) electrons. The number of alkyl halides is 2. The number of aliphatic hydroxyl groups excluding tert-OH is 1. The van der Waals surface area contributed by atoms with Crippen molar-refractivity contribution in [1.29, 1.82) is 0 Å². The van der Waals surface area contributed by atoms with Crippen LogP contribution >= 0.6 is 7.75 Å². The summed E-state index contributed by atoms with van der Waals surface area (Å²) in [5.41, 5.74) is -2.02. The number of rotatable bonds is 9. The lowest BCUT2D eigenvalue weighted by Crippen LogP contribution is -2.42. The zero-order chi connectivity index (χ0) is 24.4. The molecule has 1 aromatic heterocycles. The van der Waals surface area contributed by atoms with E-state index in [0.29, 0.717) is 4.57 Å². The molecule has 15 heteroatoms. The van der Waals surface area contributed by atoms with Crippen LogP contribution in [0.15, 0.2) is 52.2 Å². The molecule has 12 nitrogen and oxygen atoms in total. The van der Waals surface area contributed by atoms with E-state index in [1.54, 1.807) is 11.1 Å². The van der Waals surface area contributed by atoms with Gasteiger partial charge in [0.05, 0.1) is 6.61 Å². The second-order valence-corrected chi connectivity index (χ2v) is 8.74. The number of aliphatic hydroxyl groups is 1. The van der Waals surface area contributed by atoms with E-state index in [1.807, 2.05) is 0 Å². The molecule has 1 aromatic carbocycles. The van der Waals surface area contributed by atoms with E-state index < -0.39 is 62.0 Å². The fourth-order valence-electron chi connectivity index (χ4n) is 2.89. The number of carbonyl (C=O) groups is 1. The second-order valence-electron chi connectivity index (χ2n) is 7.05. The summed E-state index contributed by atoms with van der Waals surface area (Å²) in [5, 5.41) is 21.3. The number of para-hydroxylation sites is 1. The van der Waals surface area contributed by atoms with Gasteiger partial charge in [0.25, 0.3) is 5.56 Å². The zero-order valence-electron chi connectivity index (χ0n) is 17.0. The smallest absolute Gasteiger partial charge is 0.459 e. The van der Waals surface area contributed by atoms with Gasteiger partial charge in [-0.05, 0) is 19.1 Å². The molecule has 0 aliphatic carbocycles. The Hall–Kier alpha value is -2.90. The van der Waals surface area contributed by atoms with E-state index in [2.05, 4.69) is 5.09 Å². The maximum atomic E-state index is 14.6. The van der Waals surface area contributed by atoms with Crippen LogP contribution in [0.4, 0.5) is 8.78 Å². The van der Waals surface area contributed by atoms with Gasteiger partial charge in [-0.25, -0.2) is 9.36 Å². The molecule has 2 aromatic rings. The minimum Gasteiger partial charge on any atom is -0.480 e. The molecule has 1 saturated heterocycles. The Bertz CT molecular complexity index is 1160. The van der Waals surface area contributed by atoms with Gasteiger partial charge >= 0.3 is 25.3 Å². The Morgan fingerprint density at radius 3 is 2.61 bits per heavy atom. The van der Waals surface area contributed by atoms with Crippen LogP contribution in [-0.4, -0.2) is 56.5 Å². The van der Waals surface area contributed by atoms with Gasteiger partial charge in [-0.2, -0.15) is 13.9 Å². The SMILES string of the molecule is C[C@@H](NP(=O)(OCC1O[C@@H](n2ccc(=O)[nH]c2=O)C(F)(F)[C@@H]1O)Oc1ccccc1)C(=O)O. The molecule has 4 N–H and O–H groups in total. The molecule has 5 atom stereocenters. The normalized spacial score (nSPS) is 24.7. The van der Waals surface area contributed by atoms with Crippen LogP contribution < -0.4 is 20.9 Å². The summed E-state index contributed by atoms with van der Waals surface area (Å²) < 4.78 is 58.2. The lowest BCUT2D eigenvalue weighted by atomic mass is 10.1. The van der Waals surface area contributed by atoms with Crippen molar-refractivity contribution in [3.05, 3.63) is 63.4 Å². The van der Waals surface area contributed by atoms with Crippen LogP contribution in [0.25, 0.3) is 0 Å². The van der Waals surface area contributed by atoms with E-state index in [-0.39, 0.29) is 5.75 Å². The molecule has 1 aliphatic heterocycles. The van der Waals surface area contributed by atoms with Crippen molar-refractivity contribution in [2.45, 2.75) is 37.3 Å². The van der Waals surface area contributed by atoms with Gasteiger partial charge in [-0.1, -0.05) is 18.2 Å². The number of aromatic nitrogens is 2. The summed E-state index contributed by atoms with van der Waals surface area (Å²) in [7, 11) is -4.46. The van der Waals surface area contributed by atoms with Gasteiger partial charge in [0.15, 0.2) is 6.10 Å². The summed E-state index contributed by atoms with van der Waals surface area (Å²) in [5.74, 6) is -5.36. The molecular weight excluding hydrogens is 471 g/mol. The van der Waals surface area contributed by atoms with Gasteiger partial charge < -0.3 is 19.5 Å². The molecule has 180 valence electrons. The zero-order valence-corrected chi connectivity index (χ0v) is 17.9. The van der Waals surface area contributed by atoms with Crippen molar-refractivity contribution < 1.29 is 42.1 Å². The number of hydrogen-bond donors (Lipinski definition) is 4. The number of nitrogens with zero attached hydrogens (tertiary/aromatic N) is 1. The number of aliphatic carboxylic acids is 1. The van der Waals surface area contributed by atoms with Crippen molar-refractivity contribution in [2.24, 2.45) is 0 Å². The highest BCUT2D eigenvalue weighted by atomic mass is 31.2. The van der Waals surface area contributed by atoms with Crippen molar-refractivity contribution >= 4 is 13.7 Å². The molecule has 3 rings (SSSR count). The van der Waals surface area contributed by atoms with Crippen LogP contribution in [0.3, 0.4) is 0 Å². The first-order valence-electron chi connectivity index (χ1n) is 9.45. The largest absolute Gasteiger partial charge is 0.480 e. The van der Waals surface area contributed by atoms with Gasteiger partial charge in [-0.15, -0.1) is 0 Å². The topological polar surface area (TPSA) is 169 Å². The Kier molecular flexibility index (Phi) is 7.14. The van der Waals surface area contributed by atoms with Crippen LogP contribution in [-0.2, 0) is 18.6 Å². The number of halogens is 2. The fourth-order valence-corrected chi connectivity index (χ4v) is 4.40. The first kappa shape index (κ1) is 24.7. The first-order chi connectivity index (χ1) is 15.4. The standard InChI is InChI=1S/C18H20F2N3O9P/c1-10(15(26)27)22-33(29,32-11-5-3-2-4-6-11)30-9-12-14(25)18(19,20)16(31-12)23-8-7-13(24)21-17(23)28/h2-8,10,12,14,16,25H,9H2,1H3,(H,22,29)(H,26,27)(H,21,24,28)/t10-,12?,14-,16-,33?/m1/s1. The molecule has 1 fully saturated rings. The highest BCUT2D eigenvalue weighted by Crippen LogP contribution is 2.47. The van der Waals surface area contributed by atoms with E-state index in [4.69, 9.17) is 18.9 Å². The van der Waals surface area contributed by atoms with Gasteiger partial charge in [0.2, 0.25) is 6.23 Å². The van der Waals surface area contributed by atoms with Crippen LogP contribution in [0.1, 0.15) is 13.2 Å². The summed E-state index contributed by atoms with van der Waals surface area (Å²) in [6, 6.07) is 6.91. The number of carboxylic acid groups (broad SMARTS) is 1. The quantitative estimate of drug-likeness (QED) is 0.366. The summed E-state index contributed by atoms with van der Waals surface area (Å²) in [4.78, 5) is 36.0. The number of benzene rings is 1. The lowest BCUT2D eigenvalue weighted by molar-refractivity contribution is -0.141. The van der Waals surface area contributed by atoms with Gasteiger partial charge in [0.1, 0.15) is 17.9 Å². The number of aromatic amines is 1. The number of H-pyrrole nitrogens is 1. The molecular formula is C18H20F2N3O9P. The summed E-state index contributed by atoms with van der Waals surface area (Å²) in [6.07, 6.45) is -5.82. The highest BCUT2D eigenvalue weighted by molar-refractivity contribution is 7.52. The lowest BCUT2D eigenvalue weighted by Gasteiger charge is -2.23. The van der Waals surface area contributed by atoms with Crippen LogP contribution in [0, 0.1) is 0 Å². The summed E-state index contributed by atoms with van der Waals surface area (Å²) in [6.45, 7) is 0.231. The second kappa shape index (κ2) is 9.53. The molecule has 1 aliphatic rings. The van der Waals surface area contributed by atoms with E-state index in [0.717, 1.165) is 19.2 Å². The van der Waals surface area contributed by atoms with E-state index >= 15 is 0 Å². The fraction of sp³-hybridized carbons (Fsp3) is 0.389. The van der Waals surface area contributed by atoms with Crippen molar-refractivity contribution in [3.63, 3.8) is 0 Å². The summed E-state index contributed by atoms with van der Waals surface area (Å²) >= 11 is 0. The number of carboxylic acids is 1.